The zero-order valence-corrected chi connectivity index (χ0v) is 13.3. The monoisotopic (exact) mass is 337 g/mol. The molecule has 2 heterocycles. The Morgan fingerprint density at radius 3 is 2.44 bits per heavy atom. The van der Waals surface area contributed by atoms with E-state index < -0.39 is 5.82 Å². The standard InChI is InChI=1S/C18H16FN5O/c19-15-7-2-1-5-13(15)11-18(25)22-17-9-8-16(23-24-17)21-12-14-6-3-4-10-20-14/h1-10H,11-12H2,(H,21,23)(H,22,24,25). The largest absolute Gasteiger partial charge is 0.363 e. The molecule has 0 unspecified atom stereocenters. The Balaban J connectivity index is 1.53. The smallest absolute Gasteiger partial charge is 0.230 e. The fourth-order valence-corrected chi connectivity index (χ4v) is 2.18. The molecule has 6 nitrogen and oxygen atoms in total. The van der Waals surface area contributed by atoms with Crippen molar-refractivity contribution in [3.05, 3.63) is 77.9 Å². The van der Waals surface area contributed by atoms with Crippen LogP contribution in [0, 0.1) is 5.82 Å². The van der Waals surface area contributed by atoms with Crippen molar-refractivity contribution in [3.63, 3.8) is 0 Å². The van der Waals surface area contributed by atoms with Crippen molar-refractivity contribution in [3.8, 4) is 0 Å². The number of hydrogen-bond donors (Lipinski definition) is 2. The lowest BCUT2D eigenvalue weighted by atomic mass is 10.1. The van der Waals surface area contributed by atoms with E-state index in [0.29, 0.717) is 23.7 Å². The lowest BCUT2D eigenvalue weighted by Gasteiger charge is -2.07. The lowest BCUT2D eigenvalue weighted by Crippen LogP contribution is -2.16. The van der Waals surface area contributed by atoms with Crippen LogP contribution in [0.2, 0.25) is 0 Å². The summed E-state index contributed by atoms with van der Waals surface area (Å²) in [7, 11) is 0. The van der Waals surface area contributed by atoms with Gasteiger partial charge in [-0.2, -0.15) is 0 Å². The quantitative estimate of drug-likeness (QED) is 0.723. The maximum absolute atomic E-state index is 13.5. The highest BCUT2D eigenvalue weighted by Crippen LogP contribution is 2.10. The molecule has 0 spiro atoms. The highest BCUT2D eigenvalue weighted by Gasteiger charge is 2.09. The third kappa shape index (κ3) is 4.81. The second-order valence-corrected chi connectivity index (χ2v) is 5.29. The molecule has 0 aliphatic rings. The van der Waals surface area contributed by atoms with Crippen LogP contribution in [0.4, 0.5) is 16.0 Å². The number of benzene rings is 1. The Kier molecular flexibility index (Phi) is 5.26. The van der Waals surface area contributed by atoms with Gasteiger partial charge in [-0.25, -0.2) is 4.39 Å². The topological polar surface area (TPSA) is 79.8 Å². The molecule has 1 aromatic carbocycles. The number of aromatic nitrogens is 3. The number of carbonyl (C=O) groups is 1. The molecule has 3 aromatic rings. The van der Waals surface area contributed by atoms with E-state index in [-0.39, 0.29) is 12.3 Å². The molecule has 0 bridgehead atoms. The molecule has 2 aromatic heterocycles. The van der Waals surface area contributed by atoms with Gasteiger partial charge in [0.15, 0.2) is 5.82 Å². The van der Waals surface area contributed by atoms with Crippen LogP contribution in [0.3, 0.4) is 0 Å². The molecule has 7 heteroatoms. The molecule has 2 N–H and O–H groups in total. The Morgan fingerprint density at radius 2 is 1.72 bits per heavy atom. The van der Waals surface area contributed by atoms with Crippen molar-refractivity contribution in [2.45, 2.75) is 13.0 Å². The Labute approximate surface area is 144 Å². The minimum atomic E-state index is -0.405. The van der Waals surface area contributed by atoms with E-state index in [2.05, 4.69) is 25.8 Å². The van der Waals surface area contributed by atoms with Crippen LogP contribution in [0.15, 0.2) is 60.8 Å². The number of halogens is 1. The van der Waals surface area contributed by atoms with Crippen LogP contribution in [-0.4, -0.2) is 21.1 Å². The van der Waals surface area contributed by atoms with Gasteiger partial charge in [0.25, 0.3) is 0 Å². The predicted octanol–water partition coefficient (Wildman–Crippen LogP) is 2.80. The zero-order valence-electron chi connectivity index (χ0n) is 13.3. The highest BCUT2D eigenvalue weighted by atomic mass is 19.1. The van der Waals surface area contributed by atoms with E-state index in [1.54, 1.807) is 36.5 Å². The summed E-state index contributed by atoms with van der Waals surface area (Å²) < 4.78 is 13.5. The van der Waals surface area contributed by atoms with E-state index in [1.807, 2.05) is 18.2 Å². The Morgan fingerprint density at radius 1 is 0.960 bits per heavy atom. The third-order valence-corrected chi connectivity index (χ3v) is 3.42. The summed E-state index contributed by atoms with van der Waals surface area (Å²) in [5.74, 6) is 0.119. The second kappa shape index (κ2) is 7.96. The molecule has 1 amide bonds. The number of nitrogens with zero attached hydrogens (tertiary/aromatic N) is 3. The van der Waals surface area contributed by atoms with Crippen molar-refractivity contribution in [1.82, 2.24) is 15.2 Å². The number of carbonyl (C=O) groups excluding carboxylic acids is 1. The fraction of sp³-hybridized carbons (Fsp3) is 0.111. The molecule has 0 fully saturated rings. The van der Waals surface area contributed by atoms with Crippen LogP contribution in [-0.2, 0) is 17.8 Å². The molecule has 25 heavy (non-hydrogen) atoms. The van der Waals surface area contributed by atoms with Gasteiger partial charge in [-0.1, -0.05) is 24.3 Å². The van der Waals surface area contributed by atoms with Crippen LogP contribution in [0.5, 0.6) is 0 Å². The summed E-state index contributed by atoms with van der Waals surface area (Å²) in [6, 6.07) is 15.2. The van der Waals surface area contributed by atoms with Crippen LogP contribution in [0.1, 0.15) is 11.3 Å². The molecule has 0 radical (unpaired) electrons. The summed E-state index contributed by atoms with van der Waals surface area (Å²) >= 11 is 0. The molecule has 0 atom stereocenters. The predicted molar refractivity (Wildman–Crippen MR) is 92.3 cm³/mol. The van der Waals surface area contributed by atoms with Crippen molar-refractivity contribution in [2.24, 2.45) is 0 Å². The third-order valence-electron chi connectivity index (χ3n) is 3.42. The average molecular weight is 337 g/mol. The number of amides is 1. The second-order valence-electron chi connectivity index (χ2n) is 5.29. The van der Waals surface area contributed by atoms with E-state index in [1.165, 1.54) is 6.07 Å². The summed E-state index contributed by atoms with van der Waals surface area (Å²) in [4.78, 5) is 16.2. The normalized spacial score (nSPS) is 10.3. The van der Waals surface area contributed by atoms with Crippen LogP contribution in [0.25, 0.3) is 0 Å². The Bertz CT molecular complexity index is 840. The maximum Gasteiger partial charge on any atom is 0.230 e. The average Bonchev–Trinajstić information content (AvgIpc) is 2.64. The summed E-state index contributed by atoms with van der Waals surface area (Å²) in [6.45, 7) is 0.522. The molecular formula is C18H16FN5O. The number of pyridine rings is 1. The zero-order chi connectivity index (χ0) is 17.5. The summed E-state index contributed by atoms with van der Waals surface area (Å²) in [5.41, 5.74) is 1.22. The SMILES string of the molecule is O=C(Cc1ccccc1F)Nc1ccc(NCc2ccccn2)nn1. The number of rotatable bonds is 6. The van der Waals surface area contributed by atoms with Crippen LogP contribution < -0.4 is 10.6 Å². The fourth-order valence-electron chi connectivity index (χ4n) is 2.18. The first-order valence-electron chi connectivity index (χ1n) is 7.71. The van der Waals surface area contributed by atoms with Crippen molar-refractivity contribution in [2.75, 3.05) is 10.6 Å². The first kappa shape index (κ1) is 16.5. The minimum Gasteiger partial charge on any atom is -0.363 e. The molecule has 0 saturated heterocycles. The van der Waals surface area contributed by atoms with E-state index in [0.717, 1.165) is 5.69 Å². The van der Waals surface area contributed by atoms with Gasteiger partial charge in [0.1, 0.15) is 11.6 Å². The molecule has 3 rings (SSSR count). The van der Waals surface area contributed by atoms with Gasteiger partial charge in [-0.3, -0.25) is 9.78 Å². The van der Waals surface area contributed by atoms with E-state index >= 15 is 0 Å². The summed E-state index contributed by atoms with van der Waals surface area (Å²) in [6.07, 6.45) is 1.66. The van der Waals surface area contributed by atoms with Gasteiger partial charge in [0.2, 0.25) is 5.91 Å². The first-order chi connectivity index (χ1) is 12.2. The highest BCUT2D eigenvalue weighted by molar-refractivity contribution is 5.91. The van der Waals surface area contributed by atoms with E-state index in [4.69, 9.17) is 0 Å². The molecular weight excluding hydrogens is 321 g/mol. The van der Waals surface area contributed by atoms with E-state index in [9.17, 15) is 9.18 Å². The first-order valence-corrected chi connectivity index (χ1v) is 7.71. The van der Waals surface area contributed by atoms with Crippen molar-refractivity contribution < 1.29 is 9.18 Å². The van der Waals surface area contributed by atoms with Gasteiger partial charge in [0.05, 0.1) is 18.7 Å². The molecule has 0 aliphatic carbocycles. The van der Waals surface area contributed by atoms with Crippen molar-refractivity contribution in [1.29, 1.82) is 0 Å². The maximum atomic E-state index is 13.5. The van der Waals surface area contributed by atoms with Crippen LogP contribution >= 0.6 is 0 Å². The molecule has 0 saturated carbocycles. The Hall–Kier alpha value is -3.35. The number of hydrogen-bond acceptors (Lipinski definition) is 5. The lowest BCUT2D eigenvalue weighted by molar-refractivity contribution is -0.115. The van der Waals surface area contributed by atoms with Crippen molar-refractivity contribution >= 4 is 17.5 Å². The van der Waals surface area contributed by atoms with Gasteiger partial charge in [0, 0.05) is 6.20 Å². The minimum absolute atomic E-state index is 0.0615. The van der Waals surface area contributed by atoms with Gasteiger partial charge in [-0.05, 0) is 35.9 Å². The molecule has 126 valence electrons. The van der Waals surface area contributed by atoms with Gasteiger partial charge < -0.3 is 10.6 Å². The summed E-state index contributed by atoms with van der Waals surface area (Å²) in [5, 5.41) is 13.6. The van der Waals surface area contributed by atoms with Gasteiger partial charge >= 0.3 is 0 Å². The van der Waals surface area contributed by atoms with Gasteiger partial charge in [-0.15, -0.1) is 10.2 Å². The molecule has 0 aliphatic heterocycles. The number of anilines is 2. The number of nitrogens with one attached hydrogen (secondary N) is 2.